The van der Waals surface area contributed by atoms with Crippen molar-refractivity contribution in [1.82, 2.24) is 4.90 Å². The van der Waals surface area contributed by atoms with Crippen molar-refractivity contribution in [2.75, 3.05) is 13.6 Å². The summed E-state index contributed by atoms with van der Waals surface area (Å²) in [5, 5.41) is 11.1. The van der Waals surface area contributed by atoms with E-state index in [1.54, 1.807) is 0 Å². The molecule has 2 unspecified atom stereocenters. The van der Waals surface area contributed by atoms with Gasteiger partial charge in [-0.1, -0.05) is 11.6 Å². The molecule has 2 heterocycles. The topological polar surface area (TPSA) is 32.7 Å². The fraction of sp³-hybridized carbons (Fsp3) is 0.600. The summed E-state index contributed by atoms with van der Waals surface area (Å²) in [4.78, 5) is 2.35. The Hall–Kier alpha value is -0.770. The molecule has 1 aromatic rings. The number of rotatable bonds is 0. The summed E-state index contributed by atoms with van der Waals surface area (Å²) in [5.74, 6) is 0.792. The van der Waals surface area contributed by atoms with Crippen LogP contribution in [0.4, 0.5) is 0 Å². The summed E-state index contributed by atoms with van der Waals surface area (Å²) in [6, 6.07) is 6.00. The number of halogens is 1. The van der Waals surface area contributed by atoms with Gasteiger partial charge in [-0.05, 0) is 38.6 Å². The summed E-state index contributed by atoms with van der Waals surface area (Å²) < 4.78 is 6.26. The van der Waals surface area contributed by atoms with Gasteiger partial charge in [-0.3, -0.25) is 0 Å². The third-order valence-corrected chi connectivity index (χ3v) is 4.80. The number of hydrogen-bond donors (Lipinski definition) is 1. The molecule has 0 saturated carbocycles. The number of aliphatic hydroxyl groups excluding tert-OH is 1. The molecule has 1 spiro atoms. The first-order chi connectivity index (χ1) is 8.99. The highest BCUT2D eigenvalue weighted by molar-refractivity contribution is 6.30. The van der Waals surface area contributed by atoms with Crippen LogP contribution in [0, 0.1) is 0 Å². The average molecular weight is 282 g/mol. The number of piperidine rings is 1. The molecule has 4 heteroatoms. The van der Waals surface area contributed by atoms with Crippen molar-refractivity contribution in [3.8, 4) is 5.75 Å². The van der Waals surface area contributed by atoms with Crippen LogP contribution in [0.5, 0.6) is 5.75 Å². The third-order valence-electron chi connectivity index (χ3n) is 4.56. The van der Waals surface area contributed by atoms with E-state index >= 15 is 0 Å². The Morgan fingerprint density at radius 2 is 2.21 bits per heavy atom. The molecule has 1 fully saturated rings. The van der Waals surface area contributed by atoms with Gasteiger partial charge in [0.1, 0.15) is 11.4 Å². The molecule has 0 radical (unpaired) electrons. The van der Waals surface area contributed by atoms with Gasteiger partial charge in [-0.2, -0.15) is 0 Å². The van der Waals surface area contributed by atoms with Crippen molar-refractivity contribution in [2.45, 2.75) is 43.9 Å². The standard InChI is InChI=1S/C15H20ClNO2/c1-10-8-15(5-6-17(10)2)9-13(18)12-7-11(16)3-4-14(12)19-15/h3-4,7,10,13,18H,5-6,8-9H2,1-2H3/t10?,13-,15?/m1/s1. The predicted molar refractivity (Wildman–Crippen MR) is 75.7 cm³/mol. The molecular weight excluding hydrogens is 262 g/mol. The Kier molecular flexibility index (Phi) is 3.24. The van der Waals surface area contributed by atoms with E-state index in [0.717, 1.165) is 30.7 Å². The van der Waals surface area contributed by atoms with Crippen LogP contribution in [0.2, 0.25) is 5.02 Å². The second kappa shape index (κ2) is 4.65. The minimum atomic E-state index is -0.474. The smallest absolute Gasteiger partial charge is 0.126 e. The minimum absolute atomic E-state index is 0.216. The molecule has 104 valence electrons. The quantitative estimate of drug-likeness (QED) is 0.793. The lowest BCUT2D eigenvalue weighted by Gasteiger charge is -2.47. The second-order valence-corrected chi connectivity index (χ2v) is 6.41. The summed E-state index contributed by atoms with van der Waals surface area (Å²) >= 11 is 5.99. The van der Waals surface area contributed by atoms with E-state index in [2.05, 4.69) is 18.9 Å². The van der Waals surface area contributed by atoms with Crippen LogP contribution in [0.3, 0.4) is 0 Å². The number of benzene rings is 1. The summed E-state index contributed by atoms with van der Waals surface area (Å²) in [5.41, 5.74) is 0.608. The molecule has 0 aromatic heterocycles. The zero-order chi connectivity index (χ0) is 13.6. The summed E-state index contributed by atoms with van der Waals surface area (Å²) in [6.45, 7) is 3.23. The highest BCUT2D eigenvalue weighted by Crippen LogP contribution is 2.45. The number of aliphatic hydroxyl groups is 1. The molecule has 0 bridgehead atoms. The lowest BCUT2D eigenvalue weighted by atomic mass is 9.79. The number of hydrogen-bond acceptors (Lipinski definition) is 3. The minimum Gasteiger partial charge on any atom is -0.487 e. The highest BCUT2D eigenvalue weighted by Gasteiger charge is 2.44. The first-order valence-electron chi connectivity index (χ1n) is 6.86. The van der Waals surface area contributed by atoms with Gasteiger partial charge in [0, 0.05) is 36.0 Å². The first-order valence-corrected chi connectivity index (χ1v) is 7.24. The largest absolute Gasteiger partial charge is 0.487 e. The predicted octanol–water partition coefficient (Wildman–Crippen LogP) is 3.01. The van der Waals surface area contributed by atoms with E-state index in [-0.39, 0.29) is 5.60 Å². The average Bonchev–Trinajstić information content (AvgIpc) is 2.36. The van der Waals surface area contributed by atoms with E-state index in [4.69, 9.17) is 16.3 Å². The van der Waals surface area contributed by atoms with Gasteiger partial charge in [0.15, 0.2) is 0 Å². The number of nitrogens with zero attached hydrogens (tertiary/aromatic N) is 1. The Morgan fingerprint density at radius 1 is 1.42 bits per heavy atom. The maximum atomic E-state index is 10.4. The molecule has 3 nitrogen and oxygen atoms in total. The molecule has 19 heavy (non-hydrogen) atoms. The van der Waals surface area contributed by atoms with Crippen LogP contribution < -0.4 is 4.74 Å². The maximum Gasteiger partial charge on any atom is 0.126 e. The van der Waals surface area contributed by atoms with Crippen LogP contribution in [0.15, 0.2) is 18.2 Å². The summed E-state index contributed by atoms with van der Waals surface area (Å²) in [6.07, 6.45) is 2.12. The molecule has 3 rings (SSSR count). The van der Waals surface area contributed by atoms with Crippen molar-refractivity contribution < 1.29 is 9.84 Å². The van der Waals surface area contributed by atoms with Gasteiger partial charge in [-0.15, -0.1) is 0 Å². The molecule has 2 aliphatic heterocycles. The lowest BCUT2D eigenvalue weighted by Crippen LogP contribution is -2.52. The van der Waals surface area contributed by atoms with E-state index < -0.39 is 6.10 Å². The number of fused-ring (bicyclic) bond motifs is 1. The van der Waals surface area contributed by atoms with Gasteiger partial charge < -0.3 is 14.7 Å². The van der Waals surface area contributed by atoms with Crippen molar-refractivity contribution in [2.24, 2.45) is 0 Å². The molecule has 2 aliphatic rings. The molecule has 0 aliphatic carbocycles. The Morgan fingerprint density at radius 3 is 2.95 bits per heavy atom. The van der Waals surface area contributed by atoms with Crippen LogP contribution >= 0.6 is 11.6 Å². The van der Waals surface area contributed by atoms with Gasteiger partial charge in [-0.25, -0.2) is 0 Å². The van der Waals surface area contributed by atoms with E-state index in [1.807, 2.05) is 18.2 Å². The maximum absolute atomic E-state index is 10.4. The Labute approximate surface area is 119 Å². The van der Waals surface area contributed by atoms with E-state index in [1.165, 1.54) is 0 Å². The normalized spacial score (nSPS) is 34.9. The molecule has 1 saturated heterocycles. The molecule has 1 N–H and O–H groups in total. The fourth-order valence-corrected chi connectivity index (χ4v) is 3.47. The molecule has 0 amide bonds. The number of likely N-dealkylation sites (tertiary alicyclic amines) is 1. The first kappa shape index (κ1) is 13.2. The molecule has 3 atom stereocenters. The SMILES string of the molecule is CC1CC2(CCN1C)C[C@@H](O)c1cc(Cl)ccc1O2. The Bertz CT molecular complexity index is 493. The van der Waals surface area contributed by atoms with Crippen molar-refractivity contribution in [3.05, 3.63) is 28.8 Å². The van der Waals surface area contributed by atoms with Crippen LogP contribution in [-0.2, 0) is 0 Å². The van der Waals surface area contributed by atoms with Crippen LogP contribution in [0.1, 0.15) is 37.9 Å². The number of ether oxygens (including phenoxy) is 1. The second-order valence-electron chi connectivity index (χ2n) is 5.97. The van der Waals surface area contributed by atoms with Gasteiger partial charge in [0.05, 0.1) is 6.10 Å². The Balaban J connectivity index is 1.90. The zero-order valence-corrected chi connectivity index (χ0v) is 12.2. The molecular formula is C15H20ClNO2. The van der Waals surface area contributed by atoms with Crippen LogP contribution in [0.25, 0.3) is 0 Å². The van der Waals surface area contributed by atoms with Gasteiger partial charge in [0.25, 0.3) is 0 Å². The highest BCUT2D eigenvalue weighted by atomic mass is 35.5. The lowest BCUT2D eigenvalue weighted by molar-refractivity contribution is -0.0645. The monoisotopic (exact) mass is 281 g/mol. The third kappa shape index (κ3) is 2.35. The molecule has 1 aromatic carbocycles. The van der Waals surface area contributed by atoms with Crippen molar-refractivity contribution in [3.63, 3.8) is 0 Å². The van der Waals surface area contributed by atoms with Crippen molar-refractivity contribution >= 4 is 11.6 Å². The zero-order valence-electron chi connectivity index (χ0n) is 11.4. The van der Waals surface area contributed by atoms with Gasteiger partial charge >= 0.3 is 0 Å². The summed E-state index contributed by atoms with van der Waals surface area (Å²) in [7, 11) is 2.14. The van der Waals surface area contributed by atoms with E-state index in [0.29, 0.717) is 17.5 Å². The van der Waals surface area contributed by atoms with Crippen LogP contribution in [-0.4, -0.2) is 35.2 Å². The fourth-order valence-electron chi connectivity index (χ4n) is 3.28. The van der Waals surface area contributed by atoms with Crippen molar-refractivity contribution in [1.29, 1.82) is 0 Å². The van der Waals surface area contributed by atoms with E-state index in [9.17, 15) is 5.11 Å². The van der Waals surface area contributed by atoms with Gasteiger partial charge in [0.2, 0.25) is 0 Å².